The fourth-order valence-electron chi connectivity index (χ4n) is 2.30. The summed E-state index contributed by atoms with van der Waals surface area (Å²) in [4.78, 5) is 16.5. The van der Waals surface area contributed by atoms with Crippen LogP contribution in [0.1, 0.15) is 16.2 Å². The number of hydrogen-bond donors (Lipinski definition) is 2. The average Bonchev–Trinajstić information content (AvgIpc) is 3.06. The summed E-state index contributed by atoms with van der Waals surface area (Å²) in [6.45, 7) is 2.05. The van der Waals surface area contributed by atoms with Crippen LogP contribution < -0.4 is 5.32 Å². The largest absolute Gasteiger partial charge is 0.395 e. The maximum Gasteiger partial charge on any atom is 0.291 e. The van der Waals surface area contributed by atoms with Gasteiger partial charge < -0.3 is 10.4 Å². The van der Waals surface area contributed by atoms with Crippen molar-refractivity contribution in [1.29, 1.82) is 0 Å². The Kier molecular flexibility index (Phi) is 4.67. The Morgan fingerprint density at radius 3 is 2.50 bits per heavy atom. The lowest BCUT2D eigenvalue weighted by Gasteiger charge is -2.06. The Bertz CT molecular complexity index is 826. The Balaban J connectivity index is 2.06. The van der Waals surface area contributed by atoms with Gasteiger partial charge in [0.25, 0.3) is 5.91 Å². The standard InChI is InChI=1S/C18H18N4O2/c1-13-7-9-15(10-8-13)22-17(14-5-3-2-4-6-14)20-16(21-22)18(24)19-11-12-23/h2-10,23H,11-12H2,1H3,(H,19,24). The maximum absolute atomic E-state index is 12.1. The summed E-state index contributed by atoms with van der Waals surface area (Å²) >= 11 is 0. The van der Waals surface area contributed by atoms with Crippen molar-refractivity contribution in [1.82, 2.24) is 20.1 Å². The monoisotopic (exact) mass is 322 g/mol. The molecule has 0 bridgehead atoms. The summed E-state index contributed by atoms with van der Waals surface area (Å²) in [6.07, 6.45) is 0. The highest BCUT2D eigenvalue weighted by molar-refractivity contribution is 5.91. The van der Waals surface area contributed by atoms with Crippen LogP contribution in [0, 0.1) is 6.92 Å². The van der Waals surface area contributed by atoms with Crippen LogP contribution in [0.3, 0.4) is 0 Å². The van der Waals surface area contributed by atoms with Crippen LogP contribution >= 0.6 is 0 Å². The highest BCUT2D eigenvalue weighted by Crippen LogP contribution is 2.21. The van der Waals surface area contributed by atoms with Crippen LogP contribution in [-0.2, 0) is 0 Å². The Morgan fingerprint density at radius 1 is 1.12 bits per heavy atom. The van der Waals surface area contributed by atoms with Gasteiger partial charge in [0.1, 0.15) is 0 Å². The minimum atomic E-state index is -0.410. The van der Waals surface area contributed by atoms with Crippen molar-refractivity contribution < 1.29 is 9.90 Å². The molecular formula is C18H18N4O2. The van der Waals surface area contributed by atoms with Crippen molar-refractivity contribution in [3.8, 4) is 17.1 Å². The molecule has 0 saturated heterocycles. The molecule has 0 unspecified atom stereocenters. The minimum absolute atomic E-state index is 0.0721. The first-order chi connectivity index (χ1) is 11.7. The Hall–Kier alpha value is -2.99. The summed E-state index contributed by atoms with van der Waals surface area (Å²) in [6, 6.07) is 17.4. The SMILES string of the molecule is Cc1ccc(-n2nc(C(=O)NCCO)nc2-c2ccccc2)cc1. The van der Waals surface area contributed by atoms with Crippen molar-refractivity contribution in [2.45, 2.75) is 6.92 Å². The third-order valence-electron chi connectivity index (χ3n) is 3.52. The van der Waals surface area contributed by atoms with Crippen molar-refractivity contribution in [3.63, 3.8) is 0 Å². The second-order valence-electron chi connectivity index (χ2n) is 5.35. The van der Waals surface area contributed by atoms with E-state index in [1.807, 2.05) is 61.5 Å². The molecule has 2 aromatic carbocycles. The lowest BCUT2D eigenvalue weighted by Crippen LogP contribution is -2.27. The number of nitrogens with zero attached hydrogens (tertiary/aromatic N) is 3. The van der Waals surface area contributed by atoms with Gasteiger partial charge in [0.05, 0.1) is 12.3 Å². The molecule has 0 radical (unpaired) electrons. The predicted molar refractivity (Wildman–Crippen MR) is 91.0 cm³/mol. The summed E-state index contributed by atoms with van der Waals surface area (Å²) < 4.78 is 1.66. The first kappa shape index (κ1) is 15.9. The van der Waals surface area contributed by atoms with E-state index < -0.39 is 5.91 Å². The summed E-state index contributed by atoms with van der Waals surface area (Å²) in [7, 11) is 0. The van der Waals surface area contributed by atoms with Gasteiger partial charge in [-0.2, -0.15) is 0 Å². The van der Waals surface area contributed by atoms with E-state index in [-0.39, 0.29) is 19.0 Å². The van der Waals surface area contributed by atoms with Crippen molar-refractivity contribution in [2.75, 3.05) is 13.2 Å². The maximum atomic E-state index is 12.1. The molecule has 1 amide bonds. The van der Waals surface area contributed by atoms with E-state index in [9.17, 15) is 4.79 Å². The van der Waals surface area contributed by atoms with Gasteiger partial charge in [-0.3, -0.25) is 4.79 Å². The molecule has 0 aliphatic rings. The third-order valence-corrected chi connectivity index (χ3v) is 3.52. The molecule has 0 atom stereocenters. The van der Waals surface area contributed by atoms with Crippen LogP contribution in [0.5, 0.6) is 0 Å². The van der Waals surface area contributed by atoms with Crippen molar-refractivity contribution in [3.05, 3.63) is 66.0 Å². The van der Waals surface area contributed by atoms with E-state index in [0.717, 1.165) is 16.8 Å². The highest BCUT2D eigenvalue weighted by Gasteiger charge is 2.18. The Morgan fingerprint density at radius 2 is 1.83 bits per heavy atom. The number of aromatic nitrogens is 3. The van der Waals surface area contributed by atoms with Crippen LogP contribution in [0.15, 0.2) is 54.6 Å². The number of amides is 1. The molecular weight excluding hydrogens is 304 g/mol. The molecule has 6 nitrogen and oxygen atoms in total. The van der Waals surface area contributed by atoms with E-state index in [4.69, 9.17) is 5.11 Å². The smallest absolute Gasteiger partial charge is 0.291 e. The number of carbonyl (C=O) groups is 1. The van der Waals surface area contributed by atoms with E-state index in [2.05, 4.69) is 15.4 Å². The molecule has 0 aliphatic heterocycles. The van der Waals surface area contributed by atoms with Gasteiger partial charge >= 0.3 is 0 Å². The summed E-state index contributed by atoms with van der Waals surface area (Å²) in [5.74, 6) is 0.253. The number of rotatable bonds is 5. The molecule has 24 heavy (non-hydrogen) atoms. The molecule has 0 aliphatic carbocycles. The summed E-state index contributed by atoms with van der Waals surface area (Å²) in [5, 5.41) is 15.8. The fourth-order valence-corrected chi connectivity index (χ4v) is 2.30. The van der Waals surface area contributed by atoms with Gasteiger partial charge in [0.15, 0.2) is 5.82 Å². The number of aliphatic hydroxyl groups excluding tert-OH is 1. The van der Waals surface area contributed by atoms with Gasteiger partial charge in [0, 0.05) is 12.1 Å². The number of benzene rings is 2. The molecule has 2 N–H and O–H groups in total. The van der Waals surface area contributed by atoms with E-state index in [1.54, 1.807) is 4.68 Å². The number of carbonyl (C=O) groups excluding carboxylic acids is 1. The minimum Gasteiger partial charge on any atom is -0.395 e. The van der Waals surface area contributed by atoms with Crippen LogP contribution in [0.4, 0.5) is 0 Å². The molecule has 3 aromatic rings. The van der Waals surface area contributed by atoms with E-state index >= 15 is 0 Å². The lowest BCUT2D eigenvalue weighted by molar-refractivity contribution is 0.0934. The second kappa shape index (κ2) is 7.06. The van der Waals surface area contributed by atoms with Gasteiger partial charge in [-0.05, 0) is 19.1 Å². The number of hydrogen-bond acceptors (Lipinski definition) is 4. The number of aryl methyl sites for hydroxylation is 1. The topological polar surface area (TPSA) is 80.0 Å². The Labute approximate surface area is 139 Å². The quantitative estimate of drug-likeness (QED) is 0.752. The van der Waals surface area contributed by atoms with E-state index in [1.165, 1.54) is 0 Å². The van der Waals surface area contributed by atoms with Crippen LogP contribution in [0.25, 0.3) is 17.1 Å². The van der Waals surface area contributed by atoms with Gasteiger partial charge in [-0.25, -0.2) is 9.67 Å². The highest BCUT2D eigenvalue weighted by atomic mass is 16.3. The molecule has 122 valence electrons. The molecule has 3 rings (SSSR count). The number of aliphatic hydroxyl groups is 1. The van der Waals surface area contributed by atoms with Crippen LogP contribution in [0.2, 0.25) is 0 Å². The van der Waals surface area contributed by atoms with Crippen LogP contribution in [-0.4, -0.2) is 38.9 Å². The molecule has 1 heterocycles. The zero-order chi connectivity index (χ0) is 16.9. The third kappa shape index (κ3) is 3.33. The molecule has 0 fully saturated rings. The zero-order valence-corrected chi connectivity index (χ0v) is 13.3. The molecule has 6 heteroatoms. The van der Waals surface area contributed by atoms with Gasteiger partial charge in [-0.1, -0.05) is 48.0 Å². The van der Waals surface area contributed by atoms with Gasteiger partial charge in [-0.15, -0.1) is 5.10 Å². The predicted octanol–water partition coefficient (Wildman–Crippen LogP) is 1.96. The zero-order valence-electron chi connectivity index (χ0n) is 13.3. The average molecular weight is 322 g/mol. The van der Waals surface area contributed by atoms with Crippen molar-refractivity contribution in [2.24, 2.45) is 0 Å². The second-order valence-corrected chi connectivity index (χ2v) is 5.35. The van der Waals surface area contributed by atoms with Crippen molar-refractivity contribution >= 4 is 5.91 Å². The molecule has 0 spiro atoms. The summed E-state index contributed by atoms with van der Waals surface area (Å²) in [5.41, 5.74) is 2.83. The fraction of sp³-hybridized carbons (Fsp3) is 0.167. The normalized spacial score (nSPS) is 10.6. The van der Waals surface area contributed by atoms with Gasteiger partial charge in [0.2, 0.25) is 5.82 Å². The first-order valence-corrected chi connectivity index (χ1v) is 7.67. The lowest BCUT2D eigenvalue weighted by atomic mass is 10.2. The molecule has 0 saturated carbocycles. The number of nitrogens with one attached hydrogen (secondary N) is 1. The molecule has 1 aromatic heterocycles. The first-order valence-electron chi connectivity index (χ1n) is 7.67. The van der Waals surface area contributed by atoms with E-state index in [0.29, 0.717) is 5.82 Å².